The largest absolute Gasteiger partial charge is 0.497 e. The molecule has 0 saturated heterocycles. The van der Waals surface area contributed by atoms with Crippen LogP contribution in [0.5, 0.6) is 5.75 Å². The van der Waals surface area contributed by atoms with Crippen molar-refractivity contribution in [3.8, 4) is 22.8 Å². The minimum atomic E-state index is -0.536. The molecule has 0 saturated carbocycles. The minimum Gasteiger partial charge on any atom is -0.497 e. The van der Waals surface area contributed by atoms with Gasteiger partial charge >= 0.3 is 5.00 Å². The second-order valence-corrected chi connectivity index (χ2v) is 8.49. The van der Waals surface area contributed by atoms with Gasteiger partial charge in [0.2, 0.25) is 0 Å². The molecule has 1 N–H and O–H groups in total. The fourth-order valence-electron chi connectivity index (χ4n) is 3.36. The number of amides is 1. The predicted octanol–water partition coefficient (Wildman–Crippen LogP) is 4.42. The van der Waals surface area contributed by atoms with Gasteiger partial charge in [0.25, 0.3) is 5.91 Å². The van der Waals surface area contributed by atoms with Crippen molar-refractivity contribution in [3.05, 3.63) is 81.6 Å². The Morgan fingerprint density at radius 1 is 1.09 bits per heavy atom. The van der Waals surface area contributed by atoms with Crippen molar-refractivity contribution < 1.29 is 14.5 Å². The number of carbonyl (C=O) groups is 1. The quantitative estimate of drug-likeness (QED) is 0.274. The van der Waals surface area contributed by atoms with Crippen molar-refractivity contribution in [1.82, 2.24) is 24.7 Å². The maximum absolute atomic E-state index is 12.9. The van der Waals surface area contributed by atoms with Crippen LogP contribution in [0.1, 0.15) is 15.4 Å². The molecule has 174 valence electrons. The first kappa shape index (κ1) is 22.1. The number of rotatable bonds is 6. The summed E-state index contributed by atoms with van der Waals surface area (Å²) in [7, 11) is 1.59. The van der Waals surface area contributed by atoms with Crippen LogP contribution in [-0.4, -0.2) is 42.7 Å². The molecule has 5 rings (SSSR count). The van der Waals surface area contributed by atoms with Gasteiger partial charge in [-0.15, -0.1) is 0 Å². The molecule has 0 bridgehead atoms. The smallest absolute Gasteiger partial charge is 0.324 e. The van der Waals surface area contributed by atoms with Gasteiger partial charge in [-0.05, 0) is 49.4 Å². The molecule has 0 atom stereocenters. The highest BCUT2D eigenvalue weighted by Gasteiger charge is 2.20. The maximum Gasteiger partial charge on any atom is 0.324 e. The zero-order chi connectivity index (χ0) is 24.5. The summed E-state index contributed by atoms with van der Waals surface area (Å²) in [6.45, 7) is 1.87. The lowest BCUT2D eigenvalue weighted by Gasteiger charge is -2.09. The molecule has 12 heteroatoms. The van der Waals surface area contributed by atoms with Crippen LogP contribution < -0.4 is 10.1 Å². The number of hydrogen-bond acceptors (Lipinski definition) is 9. The van der Waals surface area contributed by atoms with E-state index in [2.05, 4.69) is 20.4 Å². The van der Waals surface area contributed by atoms with E-state index >= 15 is 0 Å². The van der Waals surface area contributed by atoms with E-state index in [-0.39, 0.29) is 15.7 Å². The van der Waals surface area contributed by atoms with Crippen LogP contribution in [0.4, 0.5) is 10.8 Å². The molecule has 4 heterocycles. The van der Waals surface area contributed by atoms with Crippen LogP contribution in [0.2, 0.25) is 0 Å². The van der Waals surface area contributed by atoms with E-state index in [9.17, 15) is 14.9 Å². The number of anilines is 1. The first-order valence-electron chi connectivity index (χ1n) is 10.3. The highest BCUT2D eigenvalue weighted by molar-refractivity contribution is 7.17. The van der Waals surface area contributed by atoms with E-state index < -0.39 is 10.8 Å². The molecule has 11 nitrogen and oxygen atoms in total. The Labute approximate surface area is 202 Å². The standard InChI is InChI=1S/C23H17N7O4S/c1-13-3-4-14(11-24-13)20-26-21(28-23(31)18-9-10-19(35-18)30(32)33)17-12-25-29(22(17)27-20)15-5-7-16(34-2)8-6-15/h3-12H,1-2H3,(H,26,27,28,31). The molecule has 0 aliphatic carbocycles. The molecule has 0 radical (unpaired) electrons. The number of benzene rings is 1. The molecule has 1 aromatic carbocycles. The number of ether oxygens (including phenoxy) is 1. The Balaban J connectivity index is 1.62. The minimum absolute atomic E-state index is 0.123. The van der Waals surface area contributed by atoms with Crippen molar-refractivity contribution in [2.24, 2.45) is 0 Å². The van der Waals surface area contributed by atoms with Gasteiger partial charge in [0, 0.05) is 23.5 Å². The molecule has 0 fully saturated rings. The molecular weight excluding hydrogens is 470 g/mol. The summed E-state index contributed by atoms with van der Waals surface area (Å²) in [5.74, 6) is 0.747. The fraction of sp³-hybridized carbons (Fsp3) is 0.0870. The molecule has 4 aromatic heterocycles. The van der Waals surface area contributed by atoms with Gasteiger partial charge < -0.3 is 10.1 Å². The number of nitrogens with zero attached hydrogens (tertiary/aromatic N) is 6. The van der Waals surface area contributed by atoms with E-state index in [1.807, 2.05) is 31.2 Å². The molecule has 5 aromatic rings. The summed E-state index contributed by atoms with van der Waals surface area (Å²) in [6, 6.07) is 13.7. The van der Waals surface area contributed by atoms with Gasteiger partial charge in [-0.2, -0.15) is 5.10 Å². The summed E-state index contributed by atoms with van der Waals surface area (Å²) < 4.78 is 6.86. The van der Waals surface area contributed by atoms with Gasteiger partial charge in [-0.3, -0.25) is 19.9 Å². The number of carbonyl (C=O) groups excluding carboxylic acids is 1. The zero-order valence-corrected chi connectivity index (χ0v) is 19.3. The lowest BCUT2D eigenvalue weighted by molar-refractivity contribution is -0.380. The van der Waals surface area contributed by atoms with Gasteiger partial charge in [-0.1, -0.05) is 11.3 Å². The van der Waals surface area contributed by atoms with Crippen LogP contribution in [0, 0.1) is 17.0 Å². The number of thiophene rings is 1. The summed E-state index contributed by atoms with van der Waals surface area (Å²) in [6.07, 6.45) is 3.21. The Kier molecular flexibility index (Phi) is 5.63. The van der Waals surface area contributed by atoms with Crippen LogP contribution in [-0.2, 0) is 0 Å². The monoisotopic (exact) mass is 487 g/mol. The third-order valence-corrected chi connectivity index (χ3v) is 6.18. The summed E-state index contributed by atoms with van der Waals surface area (Å²) in [4.78, 5) is 37.1. The molecular formula is C23H17N7O4S. The number of methoxy groups -OCH3 is 1. The van der Waals surface area contributed by atoms with Gasteiger partial charge in [0.1, 0.15) is 11.6 Å². The third kappa shape index (κ3) is 4.29. The van der Waals surface area contributed by atoms with Gasteiger partial charge in [0.05, 0.1) is 34.2 Å². The Hall–Kier alpha value is -4.71. The lowest BCUT2D eigenvalue weighted by Crippen LogP contribution is -2.12. The molecule has 0 aliphatic rings. The van der Waals surface area contributed by atoms with Crippen molar-refractivity contribution in [2.45, 2.75) is 6.92 Å². The average molecular weight is 488 g/mol. The number of aromatic nitrogens is 5. The number of nitro groups is 1. The predicted molar refractivity (Wildman–Crippen MR) is 130 cm³/mol. The third-order valence-electron chi connectivity index (χ3n) is 5.14. The topological polar surface area (TPSA) is 138 Å². The van der Waals surface area contributed by atoms with Crippen LogP contribution >= 0.6 is 11.3 Å². The van der Waals surface area contributed by atoms with Crippen molar-refractivity contribution in [1.29, 1.82) is 0 Å². The van der Waals surface area contributed by atoms with E-state index in [0.717, 1.165) is 22.7 Å². The van der Waals surface area contributed by atoms with Crippen LogP contribution in [0.15, 0.2) is 60.9 Å². The second-order valence-electron chi connectivity index (χ2n) is 7.42. The number of fused-ring (bicyclic) bond motifs is 1. The van der Waals surface area contributed by atoms with Crippen LogP contribution in [0.25, 0.3) is 28.1 Å². The molecule has 0 aliphatic heterocycles. The van der Waals surface area contributed by atoms with E-state index in [1.54, 1.807) is 36.3 Å². The summed E-state index contributed by atoms with van der Waals surface area (Å²) in [5.41, 5.74) is 2.69. The van der Waals surface area contributed by atoms with Gasteiger partial charge in [0.15, 0.2) is 11.5 Å². The van der Waals surface area contributed by atoms with E-state index in [1.165, 1.54) is 12.1 Å². The first-order valence-corrected chi connectivity index (χ1v) is 11.1. The molecule has 0 unspecified atom stereocenters. The SMILES string of the molecule is COc1ccc(-n2ncc3c(NC(=O)c4ccc([N+](=O)[O-])s4)nc(-c4ccc(C)nc4)nc32)cc1. The lowest BCUT2D eigenvalue weighted by atomic mass is 10.2. The van der Waals surface area contributed by atoms with E-state index in [4.69, 9.17) is 9.72 Å². The number of nitrogens with one attached hydrogen (secondary N) is 1. The Bertz CT molecular complexity index is 1560. The fourth-order valence-corrected chi connectivity index (χ4v) is 4.08. The van der Waals surface area contributed by atoms with Gasteiger partial charge in [-0.25, -0.2) is 14.6 Å². The maximum atomic E-state index is 12.9. The van der Waals surface area contributed by atoms with Crippen molar-refractivity contribution in [2.75, 3.05) is 12.4 Å². The zero-order valence-electron chi connectivity index (χ0n) is 18.5. The number of aryl methyl sites for hydroxylation is 1. The molecule has 0 spiro atoms. The molecule has 35 heavy (non-hydrogen) atoms. The first-order chi connectivity index (χ1) is 16.9. The Morgan fingerprint density at radius 2 is 1.89 bits per heavy atom. The van der Waals surface area contributed by atoms with Crippen molar-refractivity contribution >= 4 is 39.1 Å². The average Bonchev–Trinajstić information content (AvgIpc) is 3.53. The van der Waals surface area contributed by atoms with Crippen molar-refractivity contribution in [3.63, 3.8) is 0 Å². The van der Waals surface area contributed by atoms with Crippen LogP contribution in [0.3, 0.4) is 0 Å². The molecule has 1 amide bonds. The second kappa shape index (κ2) is 8.91. The summed E-state index contributed by atoms with van der Waals surface area (Å²) >= 11 is 0.784. The number of hydrogen-bond donors (Lipinski definition) is 1. The summed E-state index contributed by atoms with van der Waals surface area (Å²) in [5, 5.41) is 18.6. The normalized spacial score (nSPS) is 10.9. The van der Waals surface area contributed by atoms with E-state index in [0.29, 0.717) is 28.2 Å². The highest BCUT2D eigenvalue weighted by atomic mass is 32.1. The number of pyridine rings is 1. The Morgan fingerprint density at radius 3 is 2.54 bits per heavy atom. The highest BCUT2D eigenvalue weighted by Crippen LogP contribution is 2.29.